The average Bonchev–Trinajstić information content (AvgIpc) is 2.64. The van der Waals surface area contributed by atoms with E-state index >= 15 is 0 Å². The number of aldehydes is 1. The lowest BCUT2D eigenvalue weighted by molar-refractivity contribution is -0.118. The van der Waals surface area contributed by atoms with Crippen molar-refractivity contribution in [3.63, 3.8) is 0 Å². The second-order valence-electron chi connectivity index (χ2n) is 4.04. The zero-order valence-electron chi connectivity index (χ0n) is 9.88. The molecule has 1 amide bonds. The van der Waals surface area contributed by atoms with Crippen LogP contribution in [0.1, 0.15) is 22.6 Å². The molecule has 0 aliphatic heterocycles. The van der Waals surface area contributed by atoms with E-state index in [1.165, 1.54) is 6.07 Å². The number of aryl methyl sites for hydroxylation is 2. The molecule has 1 heterocycles. The molecule has 2 rings (SSSR count). The number of aromatic nitrogens is 2. The summed E-state index contributed by atoms with van der Waals surface area (Å²) in [4.78, 5) is 26.0. The number of phenolic OH excluding ortho intramolecular Hbond substituents is 1. The summed E-state index contributed by atoms with van der Waals surface area (Å²) in [6.07, 6.45) is 1.17. The van der Waals surface area contributed by atoms with Gasteiger partial charge >= 0.3 is 0 Å². The molecule has 3 N–H and O–H groups in total. The van der Waals surface area contributed by atoms with E-state index in [2.05, 4.69) is 4.98 Å². The van der Waals surface area contributed by atoms with Crippen LogP contribution in [0.4, 0.5) is 0 Å². The van der Waals surface area contributed by atoms with E-state index in [9.17, 15) is 14.7 Å². The molecule has 0 aliphatic rings. The molecular weight excluding hydrogens is 234 g/mol. The first-order valence-corrected chi connectivity index (χ1v) is 5.45. The van der Waals surface area contributed by atoms with Crippen molar-refractivity contribution in [3.8, 4) is 5.75 Å². The predicted molar refractivity (Wildman–Crippen MR) is 65.3 cm³/mol. The van der Waals surface area contributed by atoms with Gasteiger partial charge in [0.2, 0.25) is 5.91 Å². The first kappa shape index (κ1) is 12.1. The number of imidazole rings is 1. The molecule has 6 heteroatoms. The smallest absolute Gasteiger partial charge is 0.217 e. The van der Waals surface area contributed by atoms with E-state index in [-0.39, 0.29) is 17.7 Å². The summed E-state index contributed by atoms with van der Waals surface area (Å²) in [5.74, 6) is 0.148. The standard InChI is InChI=1S/C12H13N3O3/c1-15-8-2-3-9(17)7(6-16)12(8)14-11(15)5-4-10(13)18/h2-3,6,17H,4-5H2,1H3,(H2,13,18). The van der Waals surface area contributed by atoms with Crippen molar-refractivity contribution in [2.45, 2.75) is 12.8 Å². The second-order valence-corrected chi connectivity index (χ2v) is 4.04. The number of nitrogens with zero attached hydrogens (tertiary/aromatic N) is 2. The lowest BCUT2D eigenvalue weighted by Gasteiger charge is -2.01. The summed E-state index contributed by atoms with van der Waals surface area (Å²) < 4.78 is 1.78. The molecule has 0 spiro atoms. The number of nitrogens with two attached hydrogens (primary N) is 1. The maximum absolute atomic E-state index is 10.9. The minimum Gasteiger partial charge on any atom is -0.507 e. The van der Waals surface area contributed by atoms with E-state index in [4.69, 9.17) is 5.73 Å². The second kappa shape index (κ2) is 4.48. The number of aromatic hydroxyl groups is 1. The van der Waals surface area contributed by atoms with Gasteiger partial charge in [-0.25, -0.2) is 4.98 Å². The molecule has 0 fully saturated rings. The third kappa shape index (κ3) is 1.92. The van der Waals surface area contributed by atoms with Crippen LogP contribution in [-0.2, 0) is 18.3 Å². The summed E-state index contributed by atoms with van der Waals surface area (Å²) in [6.45, 7) is 0. The Hall–Kier alpha value is -2.37. The number of amides is 1. The number of benzene rings is 1. The lowest BCUT2D eigenvalue weighted by atomic mass is 10.2. The monoisotopic (exact) mass is 247 g/mol. The van der Waals surface area contributed by atoms with Crippen LogP contribution in [0.5, 0.6) is 5.75 Å². The first-order chi connectivity index (χ1) is 8.54. The van der Waals surface area contributed by atoms with Crippen molar-refractivity contribution >= 4 is 23.2 Å². The van der Waals surface area contributed by atoms with Crippen molar-refractivity contribution in [2.24, 2.45) is 12.8 Å². The van der Waals surface area contributed by atoms with E-state index in [0.29, 0.717) is 24.0 Å². The fourth-order valence-electron chi connectivity index (χ4n) is 1.89. The van der Waals surface area contributed by atoms with Crippen LogP contribution < -0.4 is 5.73 Å². The van der Waals surface area contributed by atoms with Gasteiger partial charge in [-0.3, -0.25) is 9.59 Å². The molecule has 0 saturated heterocycles. The highest BCUT2D eigenvalue weighted by molar-refractivity contribution is 5.97. The number of rotatable bonds is 4. The van der Waals surface area contributed by atoms with Gasteiger partial charge < -0.3 is 15.4 Å². The highest BCUT2D eigenvalue weighted by Crippen LogP contribution is 2.25. The van der Waals surface area contributed by atoms with Gasteiger partial charge in [-0.05, 0) is 12.1 Å². The Morgan fingerprint density at radius 2 is 2.28 bits per heavy atom. The van der Waals surface area contributed by atoms with Gasteiger partial charge in [0.05, 0.1) is 11.1 Å². The van der Waals surface area contributed by atoms with Crippen molar-refractivity contribution in [3.05, 3.63) is 23.5 Å². The number of primary amides is 1. The molecule has 0 saturated carbocycles. The largest absolute Gasteiger partial charge is 0.507 e. The fraction of sp³-hybridized carbons (Fsp3) is 0.250. The molecule has 94 valence electrons. The van der Waals surface area contributed by atoms with Crippen molar-refractivity contribution in [2.75, 3.05) is 0 Å². The Balaban J connectivity index is 2.55. The summed E-state index contributed by atoms with van der Waals surface area (Å²) in [5.41, 5.74) is 6.42. The van der Waals surface area contributed by atoms with Gasteiger partial charge in [-0.15, -0.1) is 0 Å². The topological polar surface area (TPSA) is 98.2 Å². The van der Waals surface area contributed by atoms with Gasteiger partial charge in [0.15, 0.2) is 6.29 Å². The number of carbonyl (C=O) groups excluding carboxylic acids is 2. The third-order valence-corrected chi connectivity index (χ3v) is 2.88. The molecule has 1 aromatic heterocycles. The maximum Gasteiger partial charge on any atom is 0.217 e. The quantitative estimate of drug-likeness (QED) is 0.769. The SMILES string of the molecule is Cn1c(CCC(N)=O)nc2c(C=O)c(O)ccc21. The average molecular weight is 247 g/mol. The molecule has 0 bridgehead atoms. The molecule has 0 radical (unpaired) electrons. The number of fused-ring (bicyclic) bond motifs is 1. The van der Waals surface area contributed by atoms with Crippen LogP contribution in [0, 0.1) is 0 Å². The Bertz CT molecular complexity index is 631. The molecule has 0 unspecified atom stereocenters. The highest BCUT2D eigenvalue weighted by Gasteiger charge is 2.14. The summed E-state index contributed by atoms with van der Waals surface area (Å²) in [6, 6.07) is 3.13. The number of hydrogen-bond acceptors (Lipinski definition) is 4. The van der Waals surface area contributed by atoms with Crippen LogP contribution >= 0.6 is 0 Å². The van der Waals surface area contributed by atoms with Gasteiger partial charge in [-0.2, -0.15) is 0 Å². The van der Waals surface area contributed by atoms with E-state index in [1.807, 2.05) is 0 Å². The summed E-state index contributed by atoms with van der Waals surface area (Å²) in [5, 5.41) is 9.57. The van der Waals surface area contributed by atoms with Gasteiger partial charge in [0.1, 0.15) is 17.1 Å². The Morgan fingerprint density at radius 3 is 2.89 bits per heavy atom. The predicted octanol–water partition coefficient (Wildman–Crippen LogP) is 0.509. The zero-order valence-corrected chi connectivity index (χ0v) is 9.88. The molecule has 0 atom stereocenters. The van der Waals surface area contributed by atoms with Gasteiger partial charge in [0.25, 0.3) is 0 Å². The van der Waals surface area contributed by atoms with Crippen molar-refractivity contribution in [1.82, 2.24) is 9.55 Å². The van der Waals surface area contributed by atoms with E-state index < -0.39 is 5.91 Å². The van der Waals surface area contributed by atoms with Crippen LogP contribution in [0.3, 0.4) is 0 Å². The Morgan fingerprint density at radius 1 is 1.56 bits per heavy atom. The zero-order chi connectivity index (χ0) is 13.3. The molecule has 18 heavy (non-hydrogen) atoms. The Kier molecular flexibility index (Phi) is 3.01. The number of carbonyl (C=O) groups is 2. The lowest BCUT2D eigenvalue weighted by Crippen LogP contribution is -2.12. The molecule has 2 aromatic rings. The first-order valence-electron chi connectivity index (χ1n) is 5.45. The minimum absolute atomic E-state index is 0.1000. The minimum atomic E-state index is -0.402. The maximum atomic E-state index is 10.9. The summed E-state index contributed by atoms with van der Waals surface area (Å²) in [7, 11) is 1.79. The van der Waals surface area contributed by atoms with Crippen LogP contribution in [0.25, 0.3) is 11.0 Å². The summed E-state index contributed by atoms with van der Waals surface area (Å²) >= 11 is 0. The normalized spacial score (nSPS) is 10.7. The number of hydrogen-bond donors (Lipinski definition) is 2. The van der Waals surface area contributed by atoms with E-state index in [0.717, 1.165) is 5.52 Å². The fourth-order valence-corrected chi connectivity index (χ4v) is 1.89. The van der Waals surface area contributed by atoms with Crippen LogP contribution in [0.15, 0.2) is 12.1 Å². The molecule has 0 aliphatic carbocycles. The van der Waals surface area contributed by atoms with Crippen molar-refractivity contribution in [1.29, 1.82) is 0 Å². The van der Waals surface area contributed by atoms with Crippen molar-refractivity contribution < 1.29 is 14.7 Å². The van der Waals surface area contributed by atoms with E-state index in [1.54, 1.807) is 17.7 Å². The third-order valence-electron chi connectivity index (χ3n) is 2.88. The van der Waals surface area contributed by atoms with Gasteiger partial charge in [0, 0.05) is 19.9 Å². The molecule has 1 aromatic carbocycles. The highest BCUT2D eigenvalue weighted by atomic mass is 16.3. The molecule has 6 nitrogen and oxygen atoms in total. The van der Waals surface area contributed by atoms with Crippen LogP contribution in [-0.4, -0.2) is 26.9 Å². The van der Waals surface area contributed by atoms with Crippen LogP contribution in [0.2, 0.25) is 0 Å². The number of phenols is 1. The Labute approximate surface area is 103 Å². The van der Waals surface area contributed by atoms with Gasteiger partial charge in [-0.1, -0.05) is 0 Å². The molecular formula is C12H13N3O3.